The van der Waals surface area contributed by atoms with Gasteiger partial charge in [0, 0.05) is 11.9 Å². The van der Waals surface area contributed by atoms with Crippen molar-refractivity contribution in [3.63, 3.8) is 0 Å². The predicted octanol–water partition coefficient (Wildman–Crippen LogP) is 3.60. The molecule has 1 aliphatic carbocycles. The van der Waals surface area contributed by atoms with Crippen LogP contribution >= 0.6 is 0 Å². The number of carbonyl (C=O) groups is 1. The van der Waals surface area contributed by atoms with Gasteiger partial charge in [-0.05, 0) is 63.6 Å². The minimum Gasteiger partial charge on any atom is -0.289 e. The van der Waals surface area contributed by atoms with E-state index in [-0.39, 0.29) is 5.91 Å². The molecule has 0 saturated carbocycles. The van der Waals surface area contributed by atoms with Gasteiger partial charge in [0.15, 0.2) is 0 Å². The fourth-order valence-electron chi connectivity index (χ4n) is 3.44. The Hall–Kier alpha value is -1.94. The SMILES string of the molecule is CC=NC1=C(C)CC(C(=O)NO)(c2cccc(C)c2C)CC1. The number of nitrogens with one attached hydrogen (secondary N) is 1. The van der Waals surface area contributed by atoms with Crippen LogP contribution in [0.1, 0.15) is 49.8 Å². The van der Waals surface area contributed by atoms with E-state index in [1.807, 2.05) is 51.4 Å². The van der Waals surface area contributed by atoms with Crippen LogP contribution in [0.25, 0.3) is 0 Å². The summed E-state index contributed by atoms with van der Waals surface area (Å²) < 4.78 is 0. The van der Waals surface area contributed by atoms with Gasteiger partial charge >= 0.3 is 0 Å². The van der Waals surface area contributed by atoms with Gasteiger partial charge < -0.3 is 0 Å². The topological polar surface area (TPSA) is 61.7 Å². The number of benzene rings is 1. The van der Waals surface area contributed by atoms with Crippen molar-refractivity contribution >= 4 is 12.1 Å². The van der Waals surface area contributed by atoms with Crippen molar-refractivity contribution in [3.05, 3.63) is 46.2 Å². The second-order valence-electron chi connectivity index (χ2n) is 6.06. The van der Waals surface area contributed by atoms with Crippen molar-refractivity contribution in [2.75, 3.05) is 0 Å². The van der Waals surface area contributed by atoms with E-state index in [0.29, 0.717) is 12.8 Å². The molecule has 1 unspecified atom stereocenters. The minimum atomic E-state index is -0.721. The highest BCUT2D eigenvalue weighted by Gasteiger charge is 2.43. The largest absolute Gasteiger partial charge is 0.289 e. The monoisotopic (exact) mass is 300 g/mol. The predicted molar refractivity (Wildman–Crippen MR) is 88.2 cm³/mol. The number of nitrogens with zero attached hydrogens (tertiary/aromatic N) is 1. The van der Waals surface area contributed by atoms with E-state index in [1.54, 1.807) is 6.21 Å². The first-order valence-electron chi connectivity index (χ1n) is 7.65. The maximum Gasteiger partial charge on any atom is 0.254 e. The Balaban J connectivity index is 2.58. The Kier molecular flexibility index (Phi) is 4.81. The number of aliphatic imine (C=N–C) groups is 1. The molecule has 0 saturated heterocycles. The second kappa shape index (κ2) is 6.44. The van der Waals surface area contributed by atoms with Crippen LogP contribution in [0.5, 0.6) is 0 Å². The molecule has 2 rings (SSSR count). The summed E-state index contributed by atoms with van der Waals surface area (Å²) in [6, 6.07) is 6.02. The van der Waals surface area contributed by atoms with E-state index in [1.165, 1.54) is 0 Å². The number of amides is 1. The smallest absolute Gasteiger partial charge is 0.254 e. The highest BCUT2D eigenvalue weighted by molar-refractivity contribution is 5.88. The summed E-state index contributed by atoms with van der Waals surface area (Å²) in [5, 5.41) is 9.28. The zero-order chi connectivity index (χ0) is 16.3. The molecule has 118 valence electrons. The Morgan fingerprint density at radius 1 is 1.36 bits per heavy atom. The zero-order valence-electron chi connectivity index (χ0n) is 13.7. The van der Waals surface area contributed by atoms with Crippen LogP contribution in [-0.2, 0) is 10.2 Å². The lowest BCUT2D eigenvalue weighted by atomic mass is 9.66. The number of hydrogen-bond donors (Lipinski definition) is 2. The van der Waals surface area contributed by atoms with Crippen LogP contribution in [0.4, 0.5) is 0 Å². The van der Waals surface area contributed by atoms with Gasteiger partial charge in [0.2, 0.25) is 0 Å². The van der Waals surface area contributed by atoms with Crippen LogP contribution in [-0.4, -0.2) is 17.3 Å². The number of carbonyl (C=O) groups excluding carboxylic acids is 1. The molecule has 1 amide bonds. The molecule has 0 aromatic heterocycles. The van der Waals surface area contributed by atoms with Gasteiger partial charge in [0.25, 0.3) is 5.91 Å². The molecular formula is C18H24N2O2. The maximum atomic E-state index is 12.5. The second-order valence-corrected chi connectivity index (χ2v) is 6.06. The van der Waals surface area contributed by atoms with Crippen LogP contribution in [0.3, 0.4) is 0 Å². The highest BCUT2D eigenvalue weighted by atomic mass is 16.5. The summed E-state index contributed by atoms with van der Waals surface area (Å²) in [4.78, 5) is 17.0. The van der Waals surface area contributed by atoms with Crippen LogP contribution in [0, 0.1) is 13.8 Å². The third kappa shape index (κ3) is 2.71. The zero-order valence-corrected chi connectivity index (χ0v) is 13.7. The maximum absolute atomic E-state index is 12.5. The summed E-state index contributed by atoms with van der Waals surface area (Å²) in [7, 11) is 0. The van der Waals surface area contributed by atoms with E-state index in [2.05, 4.69) is 4.99 Å². The van der Waals surface area contributed by atoms with E-state index < -0.39 is 5.41 Å². The summed E-state index contributed by atoms with van der Waals surface area (Å²) in [6.45, 7) is 8.00. The van der Waals surface area contributed by atoms with E-state index in [4.69, 9.17) is 0 Å². The molecule has 22 heavy (non-hydrogen) atoms. The van der Waals surface area contributed by atoms with Crippen molar-refractivity contribution in [1.82, 2.24) is 5.48 Å². The molecule has 0 bridgehead atoms. The van der Waals surface area contributed by atoms with Crippen molar-refractivity contribution in [2.45, 2.75) is 52.4 Å². The van der Waals surface area contributed by atoms with Gasteiger partial charge in [-0.25, -0.2) is 5.48 Å². The van der Waals surface area contributed by atoms with Gasteiger partial charge in [0.1, 0.15) is 0 Å². The summed E-state index contributed by atoms with van der Waals surface area (Å²) >= 11 is 0. The van der Waals surface area contributed by atoms with Gasteiger partial charge in [-0.1, -0.05) is 23.8 Å². The normalized spacial score (nSPS) is 22.2. The Labute approximate surface area is 131 Å². The van der Waals surface area contributed by atoms with E-state index in [0.717, 1.165) is 34.4 Å². The third-order valence-electron chi connectivity index (χ3n) is 4.79. The molecule has 1 aromatic rings. The summed E-state index contributed by atoms with van der Waals surface area (Å²) in [5.41, 5.74) is 6.59. The lowest BCUT2D eigenvalue weighted by Gasteiger charge is -2.37. The lowest BCUT2D eigenvalue weighted by molar-refractivity contribution is -0.135. The molecule has 1 aromatic carbocycles. The van der Waals surface area contributed by atoms with E-state index in [9.17, 15) is 10.0 Å². The van der Waals surface area contributed by atoms with Crippen LogP contribution in [0.15, 0.2) is 34.5 Å². The highest BCUT2D eigenvalue weighted by Crippen LogP contribution is 2.44. The number of hydrogen-bond acceptors (Lipinski definition) is 3. The minimum absolute atomic E-state index is 0.333. The molecule has 4 nitrogen and oxygen atoms in total. The third-order valence-corrected chi connectivity index (χ3v) is 4.79. The number of rotatable bonds is 3. The standard InChI is InChI=1S/C18H24N2O2/c1-5-19-16-9-10-18(11-13(16)3,17(21)20-22)15-8-6-7-12(2)14(15)4/h5-8,22H,9-11H2,1-4H3,(H,20,21). The van der Waals surface area contributed by atoms with E-state index >= 15 is 0 Å². The lowest BCUT2D eigenvalue weighted by Crippen LogP contribution is -2.45. The molecule has 0 aliphatic heterocycles. The molecule has 4 heteroatoms. The first-order valence-corrected chi connectivity index (χ1v) is 7.65. The fraction of sp³-hybridized carbons (Fsp3) is 0.444. The molecule has 1 aliphatic rings. The Morgan fingerprint density at radius 2 is 2.09 bits per heavy atom. The van der Waals surface area contributed by atoms with Crippen molar-refractivity contribution in [2.24, 2.45) is 4.99 Å². The van der Waals surface area contributed by atoms with Gasteiger partial charge in [0.05, 0.1) is 5.41 Å². The Bertz CT molecular complexity index is 646. The molecule has 1 atom stereocenters. The summed E-state index contributed by atoms with van der Waals surface area (Å²) in [6.07, 6.45) is 3.75. The van der Waals surface area contributed by atoms with Crippen molar-refractivity contribution in [1.29, 1.82) is 0 Å². The average Bonchev–Trinajstić information content (AvgIpc) is 2.51. The van der Waals surface area contributed by atoms with Gasteiger partial charge in [-0.3, -0.25) is 15.0 Å². The molecule has 0 spiro atoms. The van der Waals surface area contributed by atoms with Crippen molar-refractivity contribution in [3.8, 4) is 0 Å². The fourth-order valence-corrected chi connectivity index (χ4v) is 3.44. The molecule has 0 heterocycles. The molecule has 2 N–H and O–H groups in total. The summed E-state index contributed by atoms with van der Waals surface area (Å²) in [5.74, 6) is -0.333. The van der Waals surface area contributed by atoms with Gasteiger partial charge in [-0.15, -0.1) is 0 Å². The quantitative estimate of drug-likeness (QED) is 0.509. The average molecular weight is 300 g/mol. The molecule has 0 fully saturated rings. The van der Waals surface area contributed by atoms with Crippen LogP contribution < -0.4 is 5.48 Å². The number of allylic oxidation sites excluding steroid dienone is 2. The van der Waals surface area contributed by atoms with Crippen molar-refractivity contribution < 1.29 is 10.0 Å². The first kappa shape index (κ1) is 16.4. The molecular weight excluding hydrogens is 276 g/mol. The Morgan fingerprint density at radius 3 is 2.68 bits per heavy atom. The first-order chi connectivity index (χ1) is 10.5. The van der Waals surface area contributed by atoms with Gasteiger partial charge in [-0.2, -0.15) is 0 Å². The van der Waals surface area contributed by atoms with Crippen LogP contribution in [0.2, 0.25) is 0 Å². The molecule has 0 radical (unpaired) electrons. The number of aryl methyl sites for hydroxylation is 1. The number of hydroxylamine groups is 1.